The maximum Gasteiger partial charge on any atom is 0.278 e. The maximum atomic E-state index is 12.9. The van der Waals surface area contributed by atoms with Crippen LogP contribution in [0.15, 0.2) is 35.1 Å². The first-order chi connectivity index (χ1) is 12.5. The van der Waals surface area contributed by atoms with Gasteiger partial charge in [-0.1, -0.05) is 17.7 Å². The highest BCUT2D eigenvalue weighted by molar-refractivity contribution is 5.92. The summed E-state index contributed by atoms with van der Waals surface area (Å²) in [4.78, 5) is 27.2. The van der Waals surface area contributed by atoms with Crippen LogP contribution >= 0.6 is 0 Å². The molecule has 0 N–H and O–H groups in total. The van der Waals surface area contributed by atoms with Crippen molar-refractivity contribution in [3.05, 3.63) is 51.8 Å². The third-order valence-corrected chi connectivity index (χ3v) is 4.73. The van der Waals surface area contributed by atoms with E-state index in [2.05, 4.69) is 5.10 Å². The van der Waals surface area contributed by atoms with Crippen LogP contribution in [0.1, 0.15) is 49.2 Å². The molecule has 6 heteroatoms. The number of carbonyl (C=O) groups excluding carboxylic acids is 1. The monoisotopic (exact) mass is 355 g/mol. The van der Waals surface area contributed by atoms with E-state index in [9.17, 15) is 9.59 Å². The van der Waals surface area contributed by atoms with Crippen molar-refractivity contribution in [1.82, 2.24) is 14.7 Å². The summed E-state index contributed by atoms with van der Waals surface area (Å²) in [6.07, 6.45) is 3.02. The van der Waals surface area contributed by atoms with E-state index in [1.807, 2.05) is 45.0 Å². The molecule has 138 valence electrons. The van der Waals surface area contributed by atoms with Crippen molar-refractivity contribution in [3.8, 4) is 11.6 Å². The Kier molecular flexibility index (Phi) is 5.40. The molecular weight excluding hydrogens is 330 g/mol. The lowest BCUT2D eigenvalue weighted by Gasteiger charge is -2.33. The van der Waals surface area contributed by atoms with Gasteiger partial charge in [0.15, 0.2) is 5.69 Å². The largest absolute Gasteiger partial charge is 0.478 e. The lowest BCUT2D eigenvalue weighted by Crippen LogP contribution is -2.44. The summed E-state index contributed by atoms with van der Waals surface area (Å²) in [7, 11) is 0. The normalized spacial score (nSPS) is 17.2. The molecular formula is C20H25N3O3. The summed E-state index contributed by atoms with van der Waals surface area (Å²) in [5, 5.41) is 4.39. The van der Waals surface area contributed by atoms with Crippen LogP contribution in [0.25, 0.3) is 5.69 Å². The van der Waals surface area contributed by atoms with Gasteiger partial charge in [0.05, 0.1) is 18.4 Å². The Morgan fingerprint density at radius 1 is 1.27 bits per heavy atom. The first-order valence-corrected chi connectivity index (χ1v) is 9.16. The zero-order valence-electron chi connectivity index (χ0n) is 15.6. The van der Waals surface area contributed by atoms with Crippen LogP contribution in [0, 0.1) is 6.92 Å². The fourth-order valence-electron chi connectivity index (χ4n) is 3.25. The van der Waals surface area contributed by atoms with E-state index >= 15 is 0 Å². The molecule has 0 saturated carbocycles. The average molecular weight is 355 g/mol. The number of carbonyl (C=O) groups is 1. The SMILES string of the molecule is CCOc1cc(=O)c(C(=O)N2CCCC[C@@H]2C)nn1-c1ccc(C)cc1. The van der Waals surface area contributed by atoms with Gasteiger partial charge in [0, 0.05) is 12.6 Å². The van der Waals surface area contributed by atoms with Crippen molar-refractivity contribution in [3.63, 3.8) is 0 Å². The Labute approximate surface area is 153 Å². The number of aromatic nitrogens is 2. The van der Waals surface area contributed by atoms with Gasteiger partial charge in [0.2, 0.25) is 11.3 Å². The third-order valence-electron chi connectivity index (χ3n) is 4.73. The molecule has 1 aliphatic heterocycles. The Balaban J connectivity index is 2.06. The molecule has 2 heterocycles. The summed E-state index contributed by atoms with van der Waals surface area (Å²) in [6.45, 7) is 6.93. The summed E-state index contributed by atoms with van der Waals surface area (Å²) < 4.78 is 7.11. The van der Waals surface area contributed by atoms with Crippen molar-refractivity contribution in [2.45, 2.75) is 46.1 Å². The average Bonchev–Trinajstić information content (AvgIpc) is 2.63. The van der Waals surface area contributed by atoms with E-state index in [1.165, 1.54) is 10.7 Å². The molecule has 1 aliphatic rings. The zero-order chi connectivity index (χ0) is 18.7. The van der Waals surface area contributed by atoms with Crippen molar-refractivity contribution < 1.29 is 9.53 Å². The van der Waals surface area contributed by atoms with Gasteiger partial charge in [-0.05, 0) is 52.2 Å². The highest BCUT2D eigenvalue weighted by atomic mass is 16.5. The van der Waals surface area contributed by atoms with Gasteiger partial charge >= 0.3 is 0 Å². The van der Waals surface area contributed by atoms with Crippen LogP contribution in [-0.2, 0) is 0 Å². The van der Waals surface area contributed by atoms with Crippen molar-refractivity contribution in [2.75, 3.05) is 13.2 Å². The zero-order valence-corrected chi connectivity index (χ0v) is 15.6. The summed E-state index contributed by atoms with van der Waals surface area (Å²) in [5.41, 5.74) is 1.41. The lowest BCUT2D eigenvalue weighted by molar-refractivity contribution is 0.0625. The molecule has 1 aromatic heterocycles. The Hall–Kier alpha value is -2.63. The number of likely N-dealkylation sites (tertiary alicyclic amines) is 1. The predicted molar refractivity (Wildman–Crippen MR) is 100 cm³/mol. The van der Waals surface area contributed by atoms with E-state index in [1.54, 1.807) is 4.90 Å². The molecule has 0 unspecified atom stereocenters. The molecule has 2 aromatic rings. The second-order valence-electron chi connectivity index (χ2n) is 6.72. The molecule has 1 amide bonds. The topological polar surface area (TPSA) is 64.4 Å². The smallest absolute Gasteiger partial charge is 0.278 e. The molecule has 0 radical (unpaired) electrons. The van der Waals surface area contributed by atoms with Crippen LogP contribution in [0.3, 0.4) is 0 Å². The Morgan fingerprint density at radius 2 is 2.00 bits per heavy atom. The highest BCUT2D eigenvalue weighted by Gasteiger charge is 2.28. The van der Waals surface area contributed by atoms with E-state index in [-0.39, 0.29) is 17.6 Å². The van der Waals surface area contributed by atoms with Crippen LogP contribution < -0.4 is 10.2 Å². The summed E-state index contributed by atoms with van der Waals surface area (Å²) in [6, 6.07) is 9.19. The summed E-state index contributed by atoms with van der Waals surface area (Å²) in [5.74, 6) is 0.0377. The van der Waals surface area contributed by atoms with Gasteiger partial charge in [0.1, 0.15) is 0 Å². The van der Waals surface area contributed by atoms with E-state index in [0.717, 1.165) is 30.5 Å². The quantitative estimate of drug-likeness (QED) is 0.846. The number of benzene rings is 1. The van der Waals surface area contributed by atoms with E-state index < -0.39 is 5.43 Å². The fourth-order valence-corrected chi connectivity index (χ4v) is 3.25. The maximum absolute atomic E-state index is 12.9. The molecule has 26 heavy (non-hydrogen) atoms. The van der Waals surface area contributed by atoms with Crippen LogP contribution in [0.4, 0.5) is 0 Å². The van der Waals surface area contributed by atoms with Gasteiger partial charge in [-0.15, -0.1) is 0 Å². The molecule has 0 spiro atoms. The van der Waals surface area contributed by atoms with Crippen LogP contribution in [0.2, 0.25) is 0 Å². The number of piperidine rings is 1. The standard InChI is InChI=1S/C20H25N3O3/c1-4-26-18-13-17(24)19(20(25)22-12-6-5-7-15(22)3)21-23(18)16-10-8-14(2)9-11-16/h8-11,13,15H,4-7,12H2,1-3H3/t15-/m0/s1. The molecule has 3 rings (SSSR count). The van der Waals surface area contributed by atoms with Gasteiger partial charge in [-0.2, -0.15) is 5.10 Å². The van der Waals surface area contributed by atoms with Crippen LogP contribution in [0.5, 0.6) is 5.88 Å². The molecule has 1 atom stereocenters. The highest BCUT2D eigenvalue weighted by Crippen LogP contribution is 2.20. The van der Waals surface area contributed by atoms with Crippen LogP contribution in [-0.4, -0.2) is 39.8 Å². The lowest BCUT2D eigenvalue weighted by atomic mass is 10.0. The fraction of sp³-hybridized carbons (Fsp3) is 0.450. The van der Waals surface area contributed by atoms with Gasteiger partial charge in [0.25, 0.3) is 5.91 Å². The molecule has 1 fully saturated rings. The second kappa shape index (κ2) is 7.72. The minimum atomic E-state index is -0.403. The second-order valence-corrected chi connectivity index (χ2v) is 6.72. The third kappa shape index (κ3) is 3.64. The predicted octanol–water partition coefficient (Wildman–Crippen LogP) is 2.95. The Bertz CT molecular complexity index is 842. The minimum absolute atomic E-state index is 0.0530. The number of hydrogen-bond acceptors (Lipinski definition) is 4. The van der Waals surface area contributed by atoms with Gasteiger partial charge in [-0.25, -0.2) is 4.68 Å². The van der Waals surface area contributed by atoms with E-state index in [0.29, 0.717) is 19.0 Å². The molecule has 0 aliphatic carbocycles. The molecule has 6 nitrogen and oxygen atoms in total. The van der Waals surface area contributed by atoms with Crippen molar-refractivity contribution >= 4 is 5.91 Å². The molecule has 1 saturated heterocycles. The first-order valence-electron chi connectivity index (χ1n) is 9.16. The molecule has 0 bridgehead atoms. The first kappa shape index (κ1) is 18.2. The van der Waals surface area contributed by atoms with Gasteiger partial charge < -0.3 is 9.64 Å². The summed E-state index contributed by atoms with van der Waals surface area (Å²) >= 11 is 0. The van der Waals surface area contributed by atoms with Crippen molar-refractivity contribution in [2.24, 2.45) is 0 Å². The molecule has 1 aromatic carbocycles. The number of amides is 1. The number of rotatable bonds is 4. The number of nitrogens with zero attached hydrogens (tertiary/aromatic N) is 3. The number of aryl methyl sites for hydroxylation is 1. The van der Waals surface area contributed by atoms with E-state index in [4.69, 9.17) is 4.74 Å². The Morgan fingerprint density at radius 3 is 2.65 bits per heavy atom. The number of ether oxygens (including phenoxy) is 1. The number of hydrogen-bond donors (Lipinski definition) is 0. The minimum Gasteiger partial charge on any atom is -0.478 e. The van der Waals surface area contributed by atoms with Gasteiger partial charge in [-0.3, -0.25) is 9.59 Å². The van der Waals surface area contributed by atoms with Crippen molar-refractivity contribution in [1.29, 1.82) is 0 Å².